The first-order valence-corrected chi connectivity index (χ1v) is 12.2. The molecule has 0 saturated heterocycles. The maximum Gasteiger partial charge on any atom is 0.0434 e. The van der Waals surface area contributed by atoms with Crippen LogP contribution in [0.15, 0.2) is 109 Å². The van der Waals surface area contributed by atoms with E-state index in [0.29, 0.717) is 0 Å². The van der Waals surface area contributed by atoms with Gasteiger partial charge in [-0.25, -0.2) is 0 Å². The van der Waals surface area contributed by atoms with Crippen LogP contribution in [0.5, 0.6) is 0 Å². The average molecular weight is 435 g/mol. The summed E-state index contributed by atoms with van der Waals surface area (Å²) in [5, 5.41) is 13.4. The van der Waals surface area contributed by atoms with Crippen molar-refractivity contribution in [2.45, 2.75) is 0 Å². The minimum Gasteiger partial charge on any atom is -0.135 e. The van der Waals surface area contributed by atoms with Crippen molar-refractivity contribution in [3.05, 3.63) is 109 Å². The average Bonchev–Trinajstić information content (AvgIpc) is 3.26. The molecular weight excluding hydrogens is 416 g/mol. The van der Waals surface area contributed by atoms with Gasteiger partial charge in [-0.05, 0) is 72.4 Å². The lowest BCUT2D eigenvalue weighted by atomic mass is 9.91. The number of hydrogen-bond donors (Lipinski definition) is 0. The molecule has 0 fully saturated rings. The van der Waals surface area contributed by atoms with E-state index >= 15 is 0 Å². The molecule has 0 nitrogen and oxygen atoms in total. The Morgan fingerprint density at radius 1 is 0.424 bits per heavy atom. The number of rotatable bonds is 1. The molecule has 0 unspecified atom stereocenters. The Bertz CT molecular complexity index is 1960. The molecule has 0 N–H and O–H groups in total. The molecule has 0 amide bonds. The molecule has 0 aliphatic carbocycles. The van der Waals surface area contributed by atoms with Crippen molar-refractivity contribution < 1.29 is 0 Å². The smallest absolute Gasteiger partial charge is 0.0434 e. The van der Waals surface area contributed by atoms with E-state index in [0.717, 1.165) is 0 Å². The maximum atomic E-state index is 2.38. The van der Waals surface area contributed by atoms with Gasteiger partial charge in [-0.1, -0.05) is 91.0 Å². The fraction of sp³-hybridized carbons (Fsp3) is 0. The summed E-state index contributed by atoms with van der Waals surface area (Å²) in [6.07, 6.45) is 0. The Morgan fingerprint density at radius 2 is 1.03 bits per heavy atom. The molecule has 0 atom stereocenters. The van der Waals surface area contributed by atoms with Crippen LogP contribution in [0, 0.1) is 0 Å². The Kier molecular flexibility index (Phi) is 3.37. The second kappa shape index (κ2) is 6.31. The van der Waals surface area contributed by atoms with Gasteiger partial charge in [0.25, 0.3) is 0 Å². The predicted octanol–water partition coefficient (Wildman–Crippen LogP) is 9.77. The van der Waals surface area contributed by atoms with E-state index in [1.54, 1.807) is 0 Å². The van der Waals surface area contributed by atoms with Crippen LogP contribution in [0.3, 0.4) is 0 Å². The zero-order valence-electron chi connectivity index (χ0n) is 17.8. The summed E-state index contributed by atoms with van der Waals surface area (Å²) in [4.78, 5) is 0. The molecule has 0 radical (unpaired) electrons. The predicted molar refractivity (Wildman–Crippen MR) is 146 cm³/mol. The highest BCUT2D eigenvalue weighted by Gasteiger charge is 2.15. The number of hydrogen-bond acceptors (Lipinski definition) is 1. The highest BCUT2D eigenvalue weighted by Crippen LogP contribution is 2.44. The summed E-state index contributed by atoms with van der Waals surface area (Å²) in [5.74, 6) is 0. The molecule has 152 valence electrons. The minimum absolute atomic E-state index is 1.29. The molecule has 0 saturated carbocycles. The Morgan fingerprint density at radius 3 is 1.85 bits per heavy atom. The summed E-state index contributed by atoms with van der Waals surface area (Å²) in [7, 11) is 0. The first-order valence-electron chi connectivity index (χ1n) is 11.4. The van der Waals surface area contributed by atoms with E-state index in [9.17, 15) is 0 Å². The minimum atomic E-state index is 1.29. The maximum absolute atomic E-state index is 2.38. The van der Waals surface area contributed by atoms with Gasteiger partial charge < -0.3 is 0 Å². The molecule has 0 bridgehead atoms. The van der Waals surface area contributed by atoms with E-state index in [2.05, 4.69) is 109 Å². The van der Waals surface area contributed by atoms with Crippen LogP contribution in [0.1, 0.15) is 0 Å². The first kappa shape index (κ1) is 17.6. The molecule has 0 spiro atoms. The van der Waals surface area contributed by atoms with Crippen LogP contribution in [-0.4, -0.2) is 0 Å². The lowest BCUT2D eigenvalue weighted by molar-refractivity contribution is 1.73. The van der Waals surface area contributed by atoms with Crippen LogP contribution in [-0.2, 0) is 0 Å². The number of thiophene rings is 1. The summed E-state index contributed by atoms with van der Waals surface area (Å²) < 4.78 is 2.73. The molecule has 0 aliphatic rings. The zero-order valence-corrected chi connectivity index (χ0v) is 18.6. The van der Waals surface area contributed by atoms with Crippen molar-refractivity contribution in [1.82, 2.24) is 0 Å². The van der Waals surface area contributed by atoms with Crippen molar-refractivity contribution in [2.75, 3.05) is 0 Å². The first-order chi connectivity index (χ1) is 16.3. The molecule has 8 aromatic rings. The number of benzene rings is 7. The molecule has 33 heavy (non-hydrogen) atoms. The van der Waals surface area contributed by atoms with Gasteiger partial charge in [-0.2, -0.15) is 0 Å². The van der Waals surface area contributed by atoms with Crippen molar-refractivity contribution >= 4 is 74.6 Å². The van der Waals surface area contributed by atoms with E-state index in [1.165, 1.54) is 74.4 Å². The van der Waals surface area contributed by atoms with Gasteiger partial charge in [0, 0.05) is 20.2 Å². The molecule has 7 aromatic carbocycles. The summed E-state index contributed by atoms with van der Waals surface area (Å²) in [6, 6.07) is 40.5. The third-order valence-electron chi connectivity index (χ3n) is 7.16. The van der Waals surface area contributed by atoms with Crippen molar-refractivity contribution in [2.24, 2.45) is 0 Å². The third kappa shape index (κ3) is 2.35. The normalized spacial score (nSPS) is 12.2. The van der Waals surface area contributed by atoms with Crippen molar-refractivity contribution in [3.63, 3.8) is 0 Å². The van der Waals surface area contributed by atoms with Gasteiger partial charge in [0.05, 0.1) is 0 Å². The van der Waals surface area contributed by atoms with Crippen LogP contribution < -0.4 is 0 Å². The van der Waals surface area contributed by atoms with Gasteiger partial charge in [0.2, 0.25) is 0 Å². The van der Waals surface area contributed by atoms with Gasteiger partial charge in [0.1, 0.15) is 0 Å². The SMILES string of the molecule is c1ccc2c(c1)ccc1sc3c(-c4cc5ccc6cccc7ccc(c4)c5c67)cccc3c12. The van der Waals surface area contributed by atoms with Crippen LogP contribution in [0.25, 0.3) is 74.4 Å². The summed E-state index contributed by atoms with van der Waals surface area (Å²) in [6.45, 7) is 0. The Labute approximate surface area is 194 Å². The lowest BCUT2D eigenvalue weighted by Gasteiger charge is -2.13. The second-order valence-corrected chi connectivity index (χ2v) is 10.0. The van der Waals surface area contributed by atoms with Crippen LogP contribution in [0.2, 0.25) is 0 Å². The molecule has 1 heterocycles. The van der Waals surface area contributed by atoms with E-state index in [1.807, 2.05) is 11.3 Å². The summed E-state index contributed by atoms with van der Waals surface area (Å²) >= 11 is 1.91. The Hall–Kier alpha value is -3.94. The third-order valence-corrected chi connectivity index (χ3v) is 8.37. The van der Waals surface area contributed by atoms with Gasteiger partial charge in [-0.3, -0.25) is 0 Å². The molecule has 1 aromatic heterocycles. The van der Waals surface area contributed by atoms with E-state index in [-0.39, 0.29) is 0 Å². The zero-order chi connectivity index (χ0) is 21.5. The van der Waals surface area contributed by atoms with Crippen LogP contribution in [0.4, 0.5) is 0 Å². The molecule has 0 aliphatic heterocycles. The fourth-order valence-electron chi connectivity index (χ4n) is 5.70. The quantitative estimate of drug-likeness (QED) is 0.226. The van der Waals surface area contributed by atoms with Gasteiger partial charge in [0.15, 0.2) is 0 Å². The van der Waals surface area contributed by atoms with Gasteiger partial charge in [-0.15, -0.1) is 11.3 Å². The topological polar surface area (TPSA) is 0 Å². The Balaban J connectivity index is 1.48. The van der Waals surface area contributed by atoms with Crippen LogP contribution >= 0.6 is 11.3 Å². The molecule has 8 rings (SSSR count). The largest absolute Gasteiger partial charge is 0.135 e. The van der Waals surface area contributed by atoms with Crippen molar-refractivity contribution in [1.29, 1.82) is 0 Å². The highest BCUT2D eigenvalue weighted by atomic mass is 32.1. The number of fused-ring (bicyclic) bond motifs is 5. The summed E-state index contributed by atoms with van der Waals surface area (Å²) in [5.41, 5.74) is 2.62. The van der Waals surface area contributed by atoms with Gasteiger partial charge >= 0.3 is 0 Å². The molecular formula is C32H18S. The van der Waals surface area contributed by atoms with Crippen molar-refractivity contribution in [3.8, 4) is 11.1 Å². The standard InChI is InChI=1S/C32H18S/c1-2-8-25-19(5-1)15-16-28-31(25)27-10-4-9-26(32(27)33-28)24-17-22-13-11-20-6-3-7-21-12-14-23(18-24)30(22)29(20)21/h1-18H. The highest BCUT2D eigenvalue weighted by molar-refractivity contribution is 7.26. The second-order valence-electron chi connectivity index (χ2n) is 8.95. The fourth-order valence-corrected chi connectivity index (χ4v) is 6.96. The molecule has 1 heteroatoms. The lowest BCUT2D eigenvalue weighted by Crippen LogP contribution is -1.86. The van der Waals surface area contributed by atoms with E-state index in [4.69, 9.17) is 0 Å². The van der Waals surface area contributed by atoms with E-state index < -0.39 is 0 Å². The monoisotopic (exact) mass is 434 g/mol.